The molecule has 2 aliphatic heterocycles. The van der Waals surface area contributed by atoms with E-state index in [0.29, 0.717) is 11.5 Å². The highest BCUT2D eigenvalue weighted by Gasteiger charge is 2.35. The predicted octanol–water partition coefficient (Wildman–Crippen LogP) is 9.88. The zero-order chi connectivity index (χ0) is 40.8. The number of aromatic nitrogens is 5. The summed E-state index contributed by atoms with van der Waals surface area (Å²) in [6.07, 6.45) is 9.53. The summed E-state index contributed by atoms with van der Waals surface area (Å²) in [5.74, 6) is 0.221. The maximum Gasteiger partial charge on any atom is 0.293 e. The lowest BCUT2D eigenvalue weighted by Gasteiger charge is -2.32. The zero-order valence-electron chi connectivity index (χ0n) is 34.2. The summed E-state index contributed by atoms with van der Waals surface area (Å²) < 4.78 is 25.5. The number of aryl methyl sites for hydroxylation is 4. The number of para-hydroxylation sites is 3. The molecule has 9 nitrogen and oxygen atoms in total. The lowest BCUT2D eigenvalue weighted by molar-refractivity contribution is -0.0286. The topological polar surface area (TPSA) is 80.6 Å². The van der Waals surface area contributed by atoms with Gasteiger partial charge in [0.15, 0.2) is 0 Å². The standard InChI is InChI=1S/C29H23N3O2.C22H23N3O/c1-20-17-21(2)32(31-20)22-9-8-12-24(18-22)34-29(33-23-10-4-3-5-11-23)16-15-26-25-13-6-7-14-27(25)30-28(26)19-29;1-15-13-16(2)25(23-15)17-10-11-21-19(14-17)18-7-3-4-8-20(18)24(21)22-9-5-6-12-26-22/h3-19H,1-2H3;3-4,7-8,10-11,13-14,22H,5-6,9,12H2,1-2H3. The fourth-order valence-electron chi connectivity index (χ4n) is 8.67. The molecule has 0 spiro atoms. The molecule has 3 aromatic heterocycles. The van der Waals surface area contributed by atoms with Gasteiger partial charge in [-0.05, 0) is 120 Å². The fourth-order valence-corrected chi connectivity index (χ4v) is 8.67. The fraction of sp³-hybridized carbons (Fsp3) is 0.196. The Morgan fingerprint density at radius 3 is 2.07 bits per heavy atom. The van der Waals surface area contributed by atoms with Gasteiger partial charge in [-0.15, -0.1) is 0 Å². The average molecular weight is 791 g/mol. The van der Waals surface area contributed by atoms with Gasteiger partial charge >= 0.3 is 0 Å². The summed E-state index contributed by atoms with van der Waals surface area (Å²) in [5.41, 5.74) is 10.7. The molecule has 9 heteroatoms. The highest BCUT2D eigenvalue weighted by atomic mass is 16.7. The highest BCUT2D eigenvalue weighted by molar-refractivity contribution is 6.08. The lowest BCUT2D eigenvalue weighted by Crippen LogP contribution is -2.40. The Labute approximate surface area is 348 Å². The molecule has 3 aliphatic rings. The number of ether oxygens (including phenoxy) is 3. The molecule has 0 N–H and O–H groups in total. The normalized spacial score (nSPS) is 18.0. The minimum Gasteiger partial charge on any atom is -0.445 e. The second kappa shape index (κ2) is 15.3. The molecule has 60 heavy (non-hydrogen) atoms. The second-order valence-electron chi connectivity index (χ2n) is 15.7. The highest BCUT2D eigenvalue weighted by Crippen LogP contribution is 2.37. The van der Waals surface area contributed by atoms with E-state index in [2.05, 4.69) is 82.4 Å². The van der Waals surface area contributed by atoms with Crippen LogP contribution in [0.2, 0.25) is 0 Å². The van der Waals surface area contributed by atoms with Gasteiger partial charge in [-0.25, -0.2) is 14.4 Å². The third-order valence-corrected chi connectivity index (χ3v) is 11.3. The minimum atomic E-state index is -1.15. The summed E-state index contributed by atoms with van der Waals surface area (Å²) in [6, 6.07) is 45.2. The molecule has 0 amide bonds. The van der Waals surface area contributed by atoms with Gasteiger partial charge in [0.1, 0.15) is 17.7 Å². The predicted molar refractivity (Wildman–Crippen MR) is 236 cm³/mol. The number of rotatable bonds is 7. The number of nitrogens with zero attached hydrogens (tertiary/aromatic N) is 6. The molecule has 1 aliphatic carbocycles. The number of hydrogen-bond donors (Lipinski definition) is 0. The van der Waals surface area contributed by atoms with Gasteiger partial charge in [0.25, 0.3) is 5.79 Å². The molecule has 0 bridgehead atoms. The van der Waals surface area contributed by atoms with Gasteiger partial charge in [-0.2, -0.15) is 10.2 Å². The lowest BCUT2D eigenvalue weighted by atomic mass is 10.0. The van der Waals surface area contributed by atoms with Crippen molar-refractivity contribution in [3.63, 3.8) is 0 Å². The van der Waals surface area contributed by atoms with E-state index in [4.69, 9.17) is 19.2 Å². The Morgan fingerprint density at radius 2 is 1.32 bits per heavy atom. The smallest absolute Gasteiger partial charge is 0.293 e. The molecule has 2 atom stereocenters. The van der Waals surface area contributed by atoms with E-state index in [1.165, 1.54) is 28.2 Å². The van der Waals surface area contributed by atoms with Gasteiger partial charge in [-0.1, -0.05) is 60.7 Å². The van der Waals surface area contributed by atoms with Gasteiger partial charge in [0.05, 0.1) is 44.9 Å². The van der Waals surface area contributed by atoms with Crippen LogP contribution < -0.4 is 20.0 Å². The van der Waals surface area contributed by atoms with Crippen molar-refractivity contribution in [2.24, 2.45) is 4.99 Å². The summed E-state index contributed by atoms with van der Waals surface area (Å²) in [4.78, 5) is 4.83. The first kappa shape index (κ1) is 37.3. The Balaban J connectivity index is 0.000000149. The van der Waals surface area contributed by atoms with E-state index in [1.807, 2.05) is 121 Å². The SMILES string of the molecule is Cc1cc(C)n(-c2ccc3c(c2)c2ccccc2n3C2CCCCO2)n1.Cc1cc(C)n(-c2cccc(OC3(Oc4ccccc4)C=CC4=c5ccccc5=NC4=C3)c2)n1. The number of allylic oxidation sites excluding steroid dienone is 1. The zero-order valence-corrected chi connectivity index (χ0v) is 34.2. The molecule has 5 aromatic carbocycles. The summed E-state index contributed by atoms with van der Waals surface area (Å²) >= 11 is 0. The quantitative estimate of drug-likeness (QED) is 0.150. The van der Waals surface area contributed by atoms with Crippen LogP contribution in [0.3, 0.4) is 0 Å². The Hall–Kier alpha value is -6.97. The maximum atomic E-state index is 6.56. The largest absolute Gasteiger partial charge is 0.445 e. The number of fused-ring (bicyclic) bond motifs is 5. The van der Waals surface area contributed by atoms with E-state index in [-0.39, 0.29) is 6.23 Å². The molecule has 2 unspecified atom stereocenters. The molecule has 11 rings (SSSR count). The van der Waals surface area contributed by atoms with Crippen LogP contribution in [0.25, 0.3) is 38.8 Å². The van der Waals surface area contributed by atoms with Crippen LogP contribution in [0.15, 0.2) is 162 Å². The van der Waals surface area contributed by atoms with Gasteiger partial charge in [-0.3, -0.25) is 0 Å². The van der Waals surface area contributed by atoms with E-state index in [0.717, 1.165) is 75.4 Å². The van der Waals surface area contributed by atoms with Crippen LogP contribution in [0.4, 0.5) is 0 Å². The summed E-state index contributed by atoms with van der Waals surface area (Å²) in [5, 5.41) is 13.9. The van der Waals surface area contributed by atoms with Crippen molar-refractivity contribution >= 4 is 27.4 Å². The van der Waals surface area contributed by atoms with Gasteiger partial charge < -0.3 is 18.8 Å². The Kier molecular flexibility index (Phi) is 9.53. The van der Waals surface area contributed by atoms with E-state index < -0.39 is 5.79 Å². The van der Waals surface area contributed by atoms with E-state index >= 15 is 0 Å². The van der Waals surface area contributed by atoms with Crippen LogP contribution in [-0.4, -0.2) is 36.5 Å². The third-order valence-electron chi connectivity index (χ3n) is 11.3. The van der Waals surface area contributed by atoms with Crippen molar-refractivity contribution in [3.05, 3.63) is 191 Å². The van der Waals surface area contributed by atoms with Crippen LogP contribution in [0.5, 0.6) is 11.5 Å². The Morgan fingerprint density at radius 1 is 0.633 bits per heavy atom. The molecule has 1 fully saturated rings. The molecule has 5 heterocycles. The Bertz CT molecular complexity index is 3090. The average Bonchev–Trinajstić information content (AvgIpc) is 4.01. The molecule has 0 saturated carbocycles. The van der Waals surface area contributed by atoms with Crippen molar-refractivity contribution in [1.29, 1.82) is 0 Å². The maximum absolute atomic E-state index is 6.56. The molecule has 298 valence electrons. The molecule has 1 saturated heterocycles. The first-order valence-electron chi connectivity index (χ1n) is 20.7. The van der Waals surface area contributed by atoms with E-state index in [1.54, 1.807) is 0 Å². The van der Waals surface area contributed by atoms with Crippen molar-refractivity contribution in [3.8, 4) is 22.9 Å². The van der Waals surface area contributed by atoms with Crippen molar-refractivity contribution < 1.29 is 14.2 Å². The summed E-state index contributed by atoms with van der Waals surface area (Å²) in [7, 11) is 0. The van der Waals surface area contributed by atoms with Crippen LogP contribution in [0, 0.1) is 27.7 Å². The van der Waals surface area contributed by atoms with E-state index in [9.17, 15) is 0 Å². The third kappa shape index (κ3) is 7.01. The van der Waals surface area contributed by atoms with Crippen LogP contribution in [-0.2, 0) is 4.74 Å². The summed E-state index contributed by atoms with van der Waals surface area (Å²) in [6.45, 7) is 9.02. The molecular formula is C51H46N6O3. The first-order chi connectivity index (χ1) is 29.3. The van der Waals surface area contributed by atoms with Crippen molar-refractivity contribution in [2.75, 3.05) is 6.61 Å². The molecule has 8 aromatic rings. The second-order valence-corrected chi connectivity index (χ2v) is 15.7. The number of hydrogen-bond acceptors (Lipinski definition) is 6. The van der Waals surface area contributed by atoms with Crippen molar-refractivity contribution in [2.45, 2.75) is 59.0 Å². The van der Waals surface area contributed by atoms with Crippen LogP contribution >= 0.6 is 0 Å². The van der Waals surface area contributed by atoms with Crippen molar-refractivity contribution in [1.82, 2.24) is 24.1 Å². The minimum absolute atomic E-state index is 0.130. The van der Waals surface area contributed by atoms with Gasteiger partial charge in [0, 0.05) is 57.8 Å². The number of benzene rings is 5. The molecular weight excluding hydrogens is 745 g/mol. The first-order valence-corrected chi connectivity index (χ1v) is 20.7. The molecule has 0 radical (unpaired) electrons. The van der Waals surface area contributed by atoms with Gasteiger partial charge in [0.2, 0.25) is 0 Å². The monoisotopic (exact) mass is 790 g/mol. The van der Waals surface area contributed by atoms with Crippen LogP contribution in [0.1, 0.15) is 48.3 Å².